The van der Waals surface area contributed by atoms with Gasteiger partial charge in [0.05, 0.1) is 6.20 Å². The molecule has 0 unspecified atom stereocenters. The Morgan fingerprint density at radius 1 is 1.28 bits per heavy atom. The first kappa shape index (κ1) is 12.8. The first-order valence-electron chi connectivity index (χ1n) is 5.58. The van der Waals surface area contributed by atoms with Gasteiger partial charge < -0.3 is 4.98 Å². The molecule has 0 spiro atoms. The number of rotatable bonds is 4. The van der Waals surface area contributed by atoms with Gasteiger partial charge in [0.2, 0.25) is 0 Å². The van der Waals surface area contributed by atoms with Crippen LogP contribution in [0.2, 0.25) is 0 Å². The van der Waals surface area contributed by atoms with Crippen molar-refractivity contribution in [3.8, 4) is 0 Å². The lowest BCUT2D eigenvalue weighted by Crippen LogP contribution is -2.27. The zero-order valence-corrected chi connectivity index (χ0v) is 11.0. The highest BCUT2D eigenvalue weighted by atomic mass is 32.2. The molecule has 2 N–H and O–H groups in total. The van der Waals surface area contributed by atoms with E-state index in [1.165, 1.54) is 6.20 Å². The number of hydrogen-bond acceptors (Lipinski definition) is 3. The molecule has 0 aliphatic heterocycles. The predicted octanol–water partition coefficient (Wildman–Crippen LogP) is 1.76. The fourth-order valence-corrected chi connectivity index (χ4v) is 2.84. The minimum absolute atomic E-state index is 0.0859. The SMILES string of the molecule is Cc1ncc(S(=O)(=O)N[C@@H](C)c2ccccc2)[nH]1. The Kier molecular flexibility index (Phi) is 3.49. The lowest BCUT2D eigenvalue weighted by atomic mass is 10.1. The molecule has 1 heterocycles. The van der Waals surface area contributed by atoms with Gasteiger partial charge in [0.1, 0.15) is 5.82 Å². The summed E-state index contributed by atoms with van der Waals surface area (Å²) < 4.78 is 26.7. The number of nitrogens with one attached hydrogen (secondary N) is 2. The van der Waals surface area contributed by atoms with Crippen molar-refractivity contribution in [2.24, 2.45) is 0 Å². The molecule has 18 heavy (non-hydrogen) atoms. The summed E-state index contributed by atoms with van der Waals surface area (Å²) in [6, 6.07) is 9.11. The third-order valence-electron chi connectivity index (χ3n) is 2.60. The molecule has 2 rings (SSSR count). The minimum Gasteiger partial charge on any atom is -0.332 e. The van der Waals surface area contributed by atoms with Crippen LogP contribution < -0.4 is 4.72 Å². The van der Waals surface area contributed by atoms with Crippen LogP contribution in [0.25, 0.3) is 0 Å². The fourth-order valence-electron chi connectivity index (χ4n) is 1.64. The molecule has 0 saturated carbocycles. The number of aromatic amines is 1. The van der Waals surface area contributed by atoms with Gasteiger partial charge in [-0.3, -0.25) is 0 Å². The number of sulfonamides is 1. The molecule has 0 fully saturated rings. The van der Waals surface area contributed by atoms with E-state index in [4.69, 9.17) is 0 Å². The molecule has 6 heteroatoms. The molecule has 1 aromatic carbocycles. The Morgan fingerprint density at radius 3 is 2.50 bits per heavy atom. The molecule has 1 atom stereocenters. The average molecular weight is 265 g/mol. The Morgan fingerprint density at radius 2 is 1.94 bits per heavy atom. The number of aryl methyl sites for hydroxylation is 1. The van der Waals surface area contributed by atoms with Gasteiger partial charge in [-0.1, -0.05) is 30.3 Å². The van der Waals surface area contributed by atoms with E-state index in [0.717, 1.165) is 5.56 Å². The van der Waals surface area contributed by atoms with Crippen LogP contribution in [-0.4, -0.2) is 18.4 Å². The molecule has 2 aromatic rings. The lowest BCUT2D eigenvalue weighted by Gasteiger charge is -2.13. The Balaban J connectivity index is 2.19. The molecule has 0 saturated heterocycles. The molecule has 1 aromatic heterocycles. The highest BCUT2D eigenvalue weighted by Crippen LogP contribution is 2.15. The van der Waals surface area contributed by atoms with Crippen molar-refractivity contribution in [2.45, 2.75) is 24.9 Å². The van der Waals surface area contributed by atoms with Crippen molar-refractivity contribution >= 4 is 10.0 Å². The fraction of sp³-hybridized carbons (Fsp3) is 0.250. The summed E-state index contributed by atoms with van der Waals surface area (Å²) in [5, 5.41) is 0.0859. The lowest BCUT2D eigenvalue weighted by molar-refractivity contribution is 0.563. The standard InChI is InChI=1S/C12H15N3O2S/c1-9(11-6-4-3-5-7-11)15-18(16,17)12-8-13-10(2)14-12/h3-9,15H,1-2H3,(H,13,14)/t9-/m0/s1. The van der Waals surface area contributed by atoms with Gasteiger partial charge >= 0.3 is 0 Å². The number of nitrogens with zero attached hydrogens (tertiary/aromatic N) is 1. The van der Waals surface area contributed by atoms with E-state index in [-0.39, 0.29) is 11.1 Å². The van der Waals surface area contributed by atoms with Crippen LogP contribution in [0.15, 0.2) is 41.6 Å². The van der Waals surface area contributed by atoms with Crippen LogP contribution in [0.4, 0.5) is 0 Å². The highest BCUT2D eigenvalue weighted by Gasteiger charge is 2.19. The van der Waals surface area contributed by atoms with E-state index in [9.17, 15) is 8.42 Å². The maximum absolute atomic E-state index is 12.0. The summed E-state index contributed by atoms with van der Waals surface area (Å²) in [7, 11) is -3.55. The minimum atomic E-state index is -3.55. The van der Waals surface area contributed by atoms with Crippen molar-refractivity contribution in [2.75, 3.05) is 0 Å². The van der Waals surface area contributed by atoms with Gasteiger partial charge in [-0.05, 0) is 19.4 Å². The summed E-state index contributed by atoms with van der Waals surface area (Å²) in [5.74, 6) is 0.572. The number of imidazole rings is 1. The Bertz CT molecular complexity index is 620. The van der Waals surface area contributed by atoms with Crippen LogP contribution in [0.5, 0.6) is 0 Å². The second kappa shape index (κ2) is 4.91. The molecular weight excluding hydrogens is 250 g/mol. The number of aromatic nitrogens is 2. The molecule has 0 bridgehead atoms. The van der Waals surface area contributed by atoms with E-state index in [1.807, 2.05) is 30.3 Å². The molecule has 96 valence electrons. The van der Waals surface area contributed by atoms with Crippen LogP contribution in [0, 0.1) is 6.92 Å². The number of H-pyrrole nitrogens is 1. The summed E-state index contributed by atoms with van der Waals surface area (Å²) in [6.07, 6.45) is 1.31. The molecule has 0 aliphatic carbocycles. The third-order valence-corrected chi connectivity index (χ3v) is 4.05. The maximum atomic E-state index is 12.0. The van der Waals surface area contributed by atoms with Gasteiger partial charge in [-0.2, -0.15) is 0 Å². The maximum Gasteiger partial charge on any atom is 0.258 e. The first-order valence-corrected chi connectivity index (χ1v) is 7.06. The van der Waals surface area contributed by atoms with Crippen molar-refractivity contribution in [1.29, 1.82) is 0 Å². The van der Waals surface area contributed by atoms with Gasteiger partial charge in [0.25, 0.3) is 10.0 Å². The molecule has 0 amide bonds. The number of hydrogen-bond donors (Lipinski definition) is 2. The van der Waals surface area contributed by atoms with Crippen LogP contribution in [-0.2, 0) is 10.0 Å². The molecule has 0 radical (unpaired) electrons. The van der Waals surface area contributed by atoms with Crippen molar-refractivity contribution in [3.63, 3.8) is 0 Å². The average Bonchev–Trinajstić information content (AvgIpc) is 2.77. The summed E-state index contributed by atoms with van der Waals surface area (Å²) in [5.41, 5.74) is 0.914. The van der Waals surface area contributed by atoms with Crippen LogP contribution in [0.1, 0.15) is 24.4 Å². The number of benzene rings is 1. The third kappa shape index (κ3) is 2.77. The summed E-state index contributed by atoms with van der Waals surface area (Å²) >= 11 is 0. The second-order valence-electron chi connectivity index (χ2n) is 4.09. The van der Waals surface area contributed by atoms with E-state index in [2.05, 4.69) is 14.7 Å². The monoisotopic (exact) mass is 265 g/mol. The van der Waals surface area contributed by atoms with E-state index in [0.29, 0.717) is 5.82 Å². The highest BCUT2D eigenvalue weighted by molar-refractivity contribution is 7.89. The zero-order chi connectivity index (χ0) is 13.2. The molecular formula is C12H15N3O2S. The van der Waals surface area contributed by atoms with Crippen LogP contribution in [0.3, 0.4) is 0 Å². The molecule has 0 aliphatic rings. The smallest absolute Gasteiger partial charge is 0.258 e. The first-order chi connectivity index (χ1) is 8.49. The van der Waals surface area contributed by atoms with E-state index < -0.39 is 10.0 Å². The van der Waals surface area contributed by atoms with Crippen molar-refractivity contribution in [1.82, 2.24) is 14.7 Å². The van der Waals surface area contributed by atoms with Crippen LogP contribution >= 0.6 is 0 Å². The summed E-state index contributed by atoms with van der Waals surface area (Å²) in [6.45, 7) is 3.51. The van der Waals surface area contributed by atoms with Crippen molar-refractivity contribution < 1.29 is 8.42 Å². The zero-order valence-electron chi connectivity index (χ0n) is 10.2. The predicted molar refractivity (Wildman–Crippen MR) is 68.5 cm³/mol. The van der Waals surface area contributed by atoms with Gasteiger partial charge in [-0.15, -0.1) is 0 Å². The van der Waals surface area contributed by atoms with E-state index >= 15 is 0 Å². The summed E-state index contributed by atoms with van der Waals surface area (Å²) in [4.78, 5) is 6.60. The van der Waals surface area contributed by atoms with Gasteiger partial charge in [0, 0.05) is 6.04 Å². The quantitative estimate of drug-likeness (QED) is 0.884. The topological polar surface area (TPSA) is 74.8 Å². The normalized spacial score (nSPS) is 13.4. The van der Waals surface area contributed by atoms with Crippen molar-refractivity contribution in [3.05, 3.63) is 47.9 Å². The Hall–Kier alpha value is -1.66. The van der Waals surface area contributed by atoms with Gasteiger partial charge in [0.15, 0.2) is 5.03 Å². The van der Waals surface area contributed by atoms with Gasteiger partial charge in [-0.25, -0.2) is 18.1 Å². The van der Waals surface area contributed by atoms with E-state index in [1.54, 1.807) is 13.8 Å². The molecule has 5 nitrogen and oxygen atoms in total. The largest absolute Gasteiger partial charge is 0.332 e. The second-order valence-corrected chi connectivity index (χ2v) is 5.77. The Labute approximate surface area is 106 Å².